The van der Waals surface area contributed by atoms with Gasteiger partial charge >= 0.3 is 0 Å². The monoisotopic (exact) mass is 259 g/mol. The smallest absolute Gasteiger partial charge is 0.240 e. The Balaban J connectivity index is 3.11. The predicted octanol–water partition coefficient (Wildman–Crippen LogP) is 0.0990. The topological polar surface area (TPSA) is 118 Å². The largest absolute Gasteiger partial charge is 0.396 e. The van der Waals surface area contributed by atoms with Gasteiger partial charge in [0, 0.05) is 6.04 Å². The highest BCUT2D eigenvalue weighted by molar-refractivity contribution is 7.89. The van der Waals surface area contributed by atoms with Crippen LogP contribution in [0.2, 0.25) is 0 Å². The van der Waals surface area contributed by atoms with E-state index in [1.807, 2.05) is 6.92 Å². The number of benzene rings is 1. The van der Waals surface area contributed by atoms with E-state index < -0.39 is 10.0 Å². The molecule has 1 atom stereocenters. The molecule has 0 bridgehead atoms. The maximum atomic E-state index is 11.3. The van der Waals surface area contributed by atoms with Gasteiger partial charge in [-0.15, -0.1) is 0 Å². The van der Waals surface area contributed by atoms with Crippen molar-refractivity contribution in [3.63, 3.8) is 0 Å². The van der Waals surface area contributed by atoms with E-state index in [4.69, 9.17) is 16.0 Å². The molecule has 0 aliphatic rings. The Kier molecular flexibility index (Phi) is 4.33. The van der Waals surface area contributed by atoms with Crippen LogP contribution in [-0.2, 0) is 10.0 Å². The van der Waals surface area contributed by atoms with E-state index in [-0.39, 0.29) is 23.2 Å². The van der Waals surface area contributed by atoms with Crippen LogP contribution >= 0.6 is 0 Å². The highest BCUT2D eigenvalue weighted by atomic mass is 32.2. The van der Waals surface area contributed by atoms with Gasteiger partial charge in [-0.25, -0.2) is 13.6 Å². The Morgan fingerprint density at radius 1 is 1.47 bits per heavy atom. The van der Waals surface area contributed by atoms with Gasteiger partial charge in [0.1, 0.15) is 4.90 Å². The zero-order valence-electron chi connectivity index (χ0n) is 9.55. The van der Waals surface area contributed by atoms with Crippen LogP contribution in [0.15, 0.2) is 23.1 Å². The average molecular weight is 259 g/mol. The van der Waals surface area contributed by atoms with Crippen molar-refractivity contribution in [3.05, 3.63) is 18.2 Å². The standard InChI is InChI=1S/C10H17N3O3S/c1-2-7(6-14)13-8-4-3-5-9(10(8)11)17(12,15)16/h3-5,7,13-14H,2,6,11H2,1H3,(H2,12,15,16). The minimum Gasteiger partial charge on any atom is -0.396 e. The van der Waals surface area contributed by atoms with Gasteiger partial charge in [-0.05, 0) is 18.6 Å². The number of nitrogen functional groups attached to an aromatic ring is 1. The van der Waals surface area contributed by atoms with E-state index in [1.165, 1.54) is 6.07 Å². The van der Waals surface area contributed by atoms with Crippen molar-refractivity contribution in [2.75, 3.05) is 17.7 Å². The molecule has 1 unspecified atom stereocenters. The minimum atomic E-state index is -3.83. The molecule has 0 fully saturated rings. The summed E-state index contributed by atoms with van der Waals surface area (Å²) in [5, 5.41) is 17.1. The lowest BCUT2D eigenvalue weighted by Crippen LogP contribution is -2.24. The van der Waals surface area contributed by atoms with Crippen molar-refractivity contribution in [2.24, 2.45) is 5.14 Å². The van der Waals surface area contributed by atoms with Crippen LogP contribution in [0.5, 0.6) is 0 Å². The average Bonchev–Trinajstić information content (AvgIpc) is 2.26. The maximum Gasteiger partial charge on any atom is 0.240 e. The normalized spacial score (nSPS) is 13.4. The SMILES string of the molecule is CCC(CO)Nc1cccc(S(N)(=O)=O)c1N. The lowest BCUT2D eigenvalue weighted by Gasteiger charge is -2.18. The number of hydrogen-bond acceptors (Lipinski definition) is 5. The molecule has 6 nitrogen and oxygen atoms in total. The Morgan fingerprint density at radius 3 is 2.59 bits per heavy atom. The fourth-order valence-corrected chi connectivity index (χ4v) is 2.10. The second kappa shape index (κ2) is 5.35. The molecule has 0 amide bonds. The summed E-state index contributed by atoms with van der Waals surface area (Å²) in [6, 6.07) is 4.36. The third kappa shape index (κ3) is 3.32. The van der Waals surface area contributed by atoms with Gasteiger partial charge < -0.3 is 16.2 Å². The van der Waals surface area contributed by atoms with Gasteiger partial charge in [-0.1, -0.05) is 13.0 Å². The first-order chi connectivity index (χ1) is 7.90. The lowest BCUT2D eigenvalue weighted by molar-refractivity contribution is 0.272. The summed E-state index contributed by atoms with van der Waals surface area (Å²) in [7, 11) is -3.83. The van der Waals surface area contributed by atoms with Crippen LogP contribution < -0.4 is 16.2 Å². The lowest BCUT2D eigenvalue weighted by atomic mass is 10.2. The Morgan fingerprint density at radius 2 is 2.12 bits per heavy atom. The van der Waals surface area contributed by atoms with Crippen LogP contribution in [0, 0.1) is 0 Å². The number of rotatable bonds is 5. The first kappa shape index (κ1) is 13.8. The van der Waals surface area contributed by atoms with E-state index >= 15 is 0 Å². The summed E-state index contributed by atoms with van der Waals surface area (Å²) in [6.45, 7) is 1.84. The number of sulfonamides is 1. The summed E-state index contributed by atoms with van der Waals surface area (Å²) in [5.41, 5.74) is 6.25. The second-order valence-electron chi connectivity index (χ2n) is 3.69. The molecule has 96 valence electrons. The molecule has 0 radical (unpaired) electrons. The molecule has 0 aliphatic heterocycles. The highest BCUT2D eigenvalue weighted by Gasteiger charge is 2.15. The number of aliphatic hydroxyl groups excluding tert-OH is 1. The zero-order valence-corrected chi connectivity index (χ0v) is 10.4. The molecule has 1 rings (SSSR count). The van der Waals surface area contributed by atoms with Crippen molar-refractivity contribution in [1.82, 2.24) is 0 Å². The summed E-state index contributed by atoms with van der Waals surface area (Å²) in [4.78, 5) is -0.115. The van der Waals surface area contributed by atoms with E-state index in [0.717, 1.165) is 0 Å². The number of anilines is 2. The van der Waals surface area contributed by atoms with Crippen molar-refractivity contribution >= 4 is 21.4 Å². The van der Waals surface area contributed by atoms with Gasteiger partial charge in [-0.3, -0.25) is 0 Å². The quantitative estimate of drug-likeness (QED) is 0.559. The Hall–Kier alpha value is -1.31. The van der Waals surface area contributed by atoms with Crippen molar-refractivity contribution in [1.29, 1.82) is 0 Å². The number of aliphatic hydroxyl groups is 1. The van der Waals surface area contributed by atoms with Crippen molar-refractivity contribution < 1.29 is 13.5 Å². The van der Waals surface area contributed by atoms with Crippen LogP contribution in [0.4, 0.5) is 11.4 Å². The number of para-hydroxylation sites is 1. The van der Waals surface area contributed by atoms with Crippen LogP contribution in [-0.4, -0.2) is 26.2 Å². The number of hydrogen-bond donors (Lipinski definition) is 4. The van der Waals surface area contributed by atoms with Gasteiger partial charge in [0.2, 0.25) is 10.0 Å². The Bertz CT molecular complexity index is 484. The first-order valence-electron chi connectivity index (χ1n) is 5.18. The third-order valence-electron chi connectivity index (χ3n) is 2.45. The van der Waals surface area contributed by atoms with Gasteiger partial charge in [0.25, 0.3) is 0 Å². The number of nitrogens with one attached hydrogen (secondary N) is 1. The zero-order chi connectivity index (χ0) is 13.1. The first-order valence-corrected chi connectivity index (χ1v) is 6.73. The molecule has 0 spiro atoms. The summed E-state index contributed by atoms with van der Waals surface area (Å²) in [5.74, 6) is 0. The fourth-order valence-electron chi connectivity index (χ4n) is 1.41. The van der Waals surface area contributed by atoms with Crippen LogP contribution in [0.1, 0.15) is 13.3 Å². The molecule has 17 heavy (non-hydrogen) atoms. The number of primary sulfonamides is 1. The molecule has 0 heterocycles. The van der Waals surface area contributed by atoms with Crippen molar-refractivity contribution in [3.8, 4) is 0 Å². The van der Waals surface area contributed by atoms with E-state index in [1.54, 1.807) is 12.1 Å². The molecular formula is C10H17N3O3S. The maximum absolute atomic E-state index is 11.3. The molecule has 0 aromatic heterocycles. The molecule has 6 N–H and O–H groups in total. The Labute approximate surface area is 101 Å². The third-order valence-corrected chi connectivity index (χ3v) is 3.41. The van der Waals surface area contributed by atoms with Gasteiger partial charge in [-0.2, -0.15) is 0 Å². The molecular weight excluding hydrogens is 242 g/mol. The second-order valence-corrected chi connectivity index (χ2v) is 5.22. The predicted molar refractivity (Wildman–Crippen MR) is 67.0 cm³/mol. The fraction of sp³-hybridized carbons (Fsp3) is 0.400. The summed E-state index contributed by atoms with van der Waals surface area (Å²) >= 11 is 0. The van der Waals surface area contributed by atoms with Gasteiger partial charge in [0.05, 0.1) is 18.0 Å². The molecule has 7 heteroatoms. The van der Waals surface area contributed by atoms with E-state index in [2.05, 4.69) is 5.32 Å². The molecule has 0 saturated heterocycles. The minimum absolute atomic E-state index is 0.0600. The van der Waals surface area contributed by atoms with E-state index in [9.17, 15) is 8.42 Å². The summed E-state index contributed by atoms with van der Waals surface area (Å²) < 4.78 is 22.5. The number of nitrogens with two attached hydrogens (primary N) is 2. The van der Waals surface area contributed by atoms with Crippen molar-refractivity contribution in [2.45, 2.75) is 24.3 Å². The van der Waals surface area contributed by atoms with Gasteiger partial charge in [0.15, 0.2) is 0 Å². The molecule has 1 aromatic carbocycles. The summed E-state index contributed by atoms with van der Waals surface area (Å²) in [6.07, 6.45) is 0.690. The highest BCUT2D eigenvalue weighted by Crippen LogP contribution is 2.26. The van der Waals surface area contributed by atoms with Crippen LogP contribution in [0.3, 0.4) is 0 Å². The molecule has 0 aliphatic carbocycles. The van der Waals surface area contributed by atoms with Crippen LogP contribution in [0.25, 0.3) is 0 Å². The molecule has 0 saturated carbocycles. The van der Waals surface area contributed by atoms with E-state index in [0.29, 0.717) is 12.1 Å². The molecule has 1 aromatic rings.